The minimum absolute atomic E-state index is 0.880. The van der Waals surface area contributed by atoms with Crippen molar-refractivity contribution in [2.75, 3.05) is 46.2 Å². The van der Waals surface area contributed by atoms with E-state index in [9.17, 15) is 117 Å². The molecule has 7 fully saturated rings. The third-order valence-electron chi connectivity index (χ3n) is 14.5. The molecule has 0 radical (unpaired) electrons. The van der Waals surface area contributed by atoms with Gasteiger partial charge in [0.15, 0.2) is 44.0 Å². The van der Waals surface area contributed by atoms with Crippen molar-refractivity contribution in [3.05, 3.63) is 0 Å². The summed E-state index contributed by atoms with van der Waals surface area (Å²) in [5.41, 5.74) is 0. The van der Waals surface area contributed by atoms with Crippen LogP contribution in [0.4, 0.5) is 0 Å². The number of hydrogen-bond acceptors (Lipinski definition) is 36. The lowest BCUT2D eigenvalue weighted by atomic mass is 9.95. The smallest absolute Gasteiger partial charge is 0.187 e. The van der Waals surface area contributed by atoms with E-state index < -0.39 is 261 Å². The van der Waals surface area contributed by atoms with Gasteiger partial charge in [0.25, 0.3) is 0 Å². The molecule has 0 saturated carbocycles. The maximum Gasteiger partial charge on any atom is 0.187 e. The summed E-state index contributed by atoms with van der Waals surface area (Å²) in [6, 6.07) is 0. The van der Waals surface area contributed by atoms with Gasteiger partial charge in [-0.15, -0.1) is 0 Å². The van der Waals surface area contributed by atoms with Crippen molar-refractivity contribution < 1.29 is 179 Å². The topological polar surface area (TPSA) is 585 Å². The van der Waals surface area contributed by atoms with Gasteiger partial charge in [-0.25, -0.2) is 0 Å². The Morgan fingerprint density at radius 1 is 0.192 bits per heavy atom. The highest BCUT2D eigenvalue weighted by Gasteiger charge is 2.59. The molecule has 36 nitrogen and oxygen atoms in total. The summed E-state index contributed by atoms with van der Waals surface area (Å²) in [4.78, 5) is 0. The predicted molar refractivity (Wildman–Crippen MR) is 232 cm³/mol. The van der Waals surface area contributed by atoms with E-state index in [2.05, 4.69) is 0 Å². The Labute approximate surface area is 439 Å². The van der Waals surface area contributed by atoms with Gasteiger partial charge < -0.3 is 179 Å². The molecule has 7 heterocycles. The van der Waals surface area contributed by atoms with Gasteiger partial charge in [-0.2, -0.15) is 0 Å². The first-order valence-electron chi connectivity index (χ1n) is 24.7. The van der Waals surface area contributed by atoms with Crippen LogP contribution in [0.5, 0.6) is 0 Å². The van der Waals surface area contributed by atoms with Crippen molar-refractivity contribution in [3.63, 3.8) is 0 Å². The standard InChI is InChI=1S/C42H72O36/c43-1-8-15(50)22(57)23(58)37(67-8)74-31-17(52)10(3-45)69-39(25(31)60)76-33-19(54)12(5-47)71-41(27(33)62)78-35-21(56)14(7-49)72-42(29(35)64)77-34-20(55)13(6-48)70-40(28(34)63)75-32-18(53)11(4-46)68-38(26(32)61)73-30-16(51)9(2-44)66-36(65)24(30)59/h8-65H,1-7H2/t8-,9-,10-,11-,12-,13-,14-,15-,16-,17-,18-,19-,20-,21-,22+,23-,24-,25-,26-,27-,28-,29-,30+,31+,32+,33+,34+,35+,36+,37+,38+,39+,40+,41+,42+/m1/s1. The average Bonchev–Trinajstić information content (AvgIpc) is 3.48. The van der Waals surface area contributed by atoms with Gasteiger partial charge in [0.2, 0.25) is 0 Å². The summed E-state index contributed by atoms with van der Waals surface area (Å²) in [5.74, 6) is 0. The molecule has 0 aromatic rings. The average molecular weight is 1150 g/mol. The number of aliphatic hydroxyl groups is 23. The summed E-state index contributed by atoms with van der Waals surface area (Å²) in [6.07, 6.45) is -70.1. The quantitative estimate of drug-likeness (QED) is 0.0571. The van der Waals surface area contributed by atoms with Gasteiger partial charge >= 0.3 is 0 Å². The van der Waals surface area contributed by atoms with Gasteiger partial charge in [0.05, 0.1) is 46.2 Å². The maximum atomic E-state index is 11.7. The Bertz CT molecular complexity index is 1820. The molecule has 0 amide bonds. The molecule has 7 saturated heterocycles. The van der Waals surface area contributed by atoms with Gasteiger partial charge in [-0.05, 0) is 0 Å². The lowest BCUT2D eigenvalue weighted by Gasteiger charge is -2.50. The van der Waals surface area contributed by atoms with Crippen LogP contribution in [0.3, 0.4) is 0 Å². The SMILES string of the molecule is OC[C@H]1O[C@@H](O[C@@H]2[C@@H](O)[C@H](O[C@@H]3[C@@H](O)[C@H](O[C@@H]4[C@@H](O)[C@H](O[C@@H]5[C@@H](O)[C@H](O[C@@H]6[C@@H](O)[C@H](O[C@@H]7[C@@H](O)[C@@H](O)O[C@H](CO)[C@H]7O)O[C@H](CO)[C@H]6O)O[C@H](CO)[C@H]5O)O[C@H](CO)[C@H]4O)O[C@H](CO)[C@H]3O)O[C@H](CO)[C@H]2O)[C@H](O)[C@@H](O)[C@@H]1O. The molecular formula is C42H72O36. The molecule has 0 aliphatic carbocycles. The van der Waals surface area contributed by atoms with Crippen LogP contribution in [0.1, 0.15) is 0 Å². The molecular weight excluding hydrogens is 1080 g/mol. The van der Waals surface area contributed by atoms with Gasteiger partial charge in [-0.3, -0.25) is 0 Å². The second-order valence-electron chi connectivity index (χ2n) is 19.6. The van der Waals surface area contributed by atoms with Gasteiger partial charge in [0, 0.05) is 0 Å². The highest BCUT2D eigenvalue weighted by atomic mass is 16.8. The third-order valence-corrected chi connectivity index (χ3v) is 14.5. The van der Waals surface area contributed by atoms with E-state index in [0.29, 0.717) is 0 Å². The number of rotatable bonds is 19. The minimum Gasteiger partial charge on any atom is -0.394 e. The monoisotopic (exact) mass is 1150 g/mol. The molecule has 23 N–H and O–H groups in total. The fourth-order valence-corrected chi connectivity index (χ4v) is 9.97. The molecule has 0 spiro atoms. The zero-order chi connectivity index (χ0) is 57.3. The third kappa shape index (κ3) is 12.9. The van der Waals surface area contributed by atoms with Crippen LogP contribution in [-0.2, 0) is 61.6 Å². The van der Waals surface area contributed by atoms with E-state index in [1.165, 1.54) is 0 Å². The molecule has 0 unspecified atom stereocenters. The lowest BCUT2D eigenvalue weighted by molar-refractivity contribution is -0.400. The number of hydrogen-bond donors (Lipinski definition) is 23. The highest BCUT2D eigenvalue weighted by molar-refractivity contribution is 5.01. The van der Waals surface area contributed by atoms with Gasteiger partial charge in [0.1, 0.15) is 171 Å². The molecule has 7 rings (SSSR count). The first-order chi connectivity index (χ1) is 37.0. The van der Waals surface area contributed by atoms with Crippen LogP contribution in [0, 0.1) is 0 Å². The first-order valence-corrected chi connectivity index (χ1v) is 24.7. The van der Waals surface area contributed by atoms with E-state index in [1.54, 1.807) is 0 Å². The Balaban J connectivity index is 1.06. The summed E-state index contributed by atoms with van der Waals surface area (Å²) >= 11 is 0. The molecule has 7 aliphatic heterocycles. The minimum atomic E-state index is -2.33. The van der Waals surface area contributed by atoms with E-state index in [4.69, 9.17) is 61.6 Å². The van der Waals surface area contributed by atoms with Crippen molar-refractivity contribution in [2.24, 2.45) is 0 Å². The van der Waals surface area contributed by atoms with E-state index >= 15 is 0 Å². The van der Waals surface area contributed by atoms with Crippen LogP contribution in [0.2, 0.25) is 0 Å². The Morgan fingerprint density at radius 3 is 0.590 bits per heavy atom. The van der Waals surface area contributed by atoms with Crippen molar-refractivity contribution >= 4 is 0 Å². The van der Waals surface area contributed by atoms with Crippen molar-refractivity contribution in [3.8, 4) is 0 Å². The molecule has 0 aromatic heterocycles. The van der Waals surface area contributed by atoms with E-state index in [1.807, 2.05) is 0 Å². The predicted octanol–water partition coefficient (Wildman–Crippen LogP) is -16.3. The second kappa shape index (κ2) is 27.5. The highest BCUT2D eigenvalue weighted by Crippen LogP contribution is 2.38. The Morgan fingerprint density at radius 2 is 0.372 bits per heavy atom. The summed E-state index contributed by atoms with van der Waals surface area (Å²) in [5, 5.41) is 246. The molecule has 35 atom stereocenters. The molecule has 36 heteroatoms. The van der Waals surface area contributed by atoms with Crippen molar-refractivity contribution in [2.45, 2.75) is 215 Å². The van der Waals surface area contributed by atoms with Crippen LogP contribution in [0.15, 0.2) is 0 Å². The zero-order valence-corrected chi connectivity index (χ0v) is 40.8. The van der Waals surface area contributed by atoms with Crippen molar-refractivity contribution in [1.82, 2.24) is 0 Å². The zero-order valence-electron chi connectivity index (χ0n) is 40.8. The van der Waals surface area contributed by atoms with E-state index in [-0.39, 0.29) is 0 Å². The summed E-state index contributed by atoms with van der Waals surface area (Å²) in [6.45, 7) is -7.04. The number of aliphatic hydroxyl groups excluding tert-OH is 23. The molecule has 0 bridgehead atoms. The van der Waals surface area contributed by atoms with Crippen LogP contribution in [0.25, 0.3) is 0 Å². The molecule has 0 aromatic carbocycles. The Hall–Kier alpha value is -1.44. The fourth-order valence-electron chi connectivity index (χ4n) is 9.97. The van der Waals surface area contributed by atoms with Crippen LogP contribution in [-0.4, -0.2) is 379 Å². The maximum absolute atomic E-state index is 11.7. The molecule has 78 heavy (non-hydrogen) atoms. The Kier molecular flexibility index (Phi) is 22.6. The first kappa shape index (κ1) is 64.1. The largest absolute Gasteiger partial charge is 0.394 e. The summed E-state index contributed by atoms with van der Waals surface area (Å²) < 4.78 is 72.0. The van der Waals surface area contributed by atoms with E-state index in [0.717, 1.165) is 0 Å². The van der Waals surface area contributed by atoms with Crippen LogP contribution >= 0.6 is 0 Å². The molecule has 7 aliphatic rings. The van der Waals surface area contributed by atoms with Crippen molar-refractivity contribution in [1.29, 1.82) is 0 Å². The fraction of sp³-hybridized carbons (Fsp3) is 1.00. The van der Waals surface area contributed by atoms with Crippen LogP contribution < -0.4 is 0 Å². The lowest BCUT2D eigenvalue weighted by Crippen LogP contribution is -2.69. The van der Waals surface area contributed by atoms with Gasteiger partial charge in [-0.1, -0.05) is 0 Å². The molecule has 456 valence electrons. The second-order valence-corrected chi connectivity index (χ2v) is 19.6. The normalized spacial score (nSPS) is 53.5. The summed E-state index contributed by atoms with van der Waals surface area (Å²) in [7, 11) is 0. The number of ether oxygens (including phenoxy) is 13.